The summed E-state index contributed by atoms with van der Waals surface area (Å²) >= 11 is 0. The van der Waals surface area contributed by atoms with Crippen LogP contribution in [0.3, 0.4) is 0 Å². The molecular weight excluding hydrogens is 300 g/mol. The fourth-order valence-electron chi connectivity index (χ4n) is 3.37. The Hall–Kier alpha value is -2.10. The lowest BCUT2D eigenvalue weighted by molar-refractivity contribution is -0.151. The van der Waals surface area contributed by atoms with E-state index in [1.165, 1.54) is 5.56 Å². The van der Waals surface area contributed by atoms with Crippen molar-refractivity contribution in [2.45, 2.75) is 58.5 Å². The molecular formula is C20H26N2O2. The van der Waals surface area contributed by atoms with Crippen LogP contribution in [0.5, 0.6) is 0 Å². The van der Waals surface area contributed by atoms with Gasteiger partial charge in [0.2, 0.25) is 0 Å². The van der Waals surface area contributed by atoms with Crippen LogP contribution >= 0.6 is 0 Å². The first-order valence-corrected chi connectivity index (χ1v) is 8.64. The Kier molecular flexibility index (Phi) is 4.48. The molecule has 2 aromatic rings. The summed E-state index contributed by atoms with van der Waals surface area (Å²) in [6.45, 7) is 8.99. The van der Waals surface area contributed by atoms with Crippen LogP contribution in [-0.2, 0) is 28.0 Å². The van der Waals surface area contributed by atoms with Crippen LogP contribution in [0.2, 0.25) is 0 Å². The van der Waals surface area contributed by atoms with Crippen molar-refractivity contribution in [3.63, 3.8) is 0 Å². The molecule has 0 bridgehead atoms. The number of aromatic amines is 1. The Morgan fingerprint density at radius 1 is 1.29 bits per heavy atom. The predicted octanol–water partition coefficient (Wildman–Crippen LogP) is 4.12. The molecule has 2 atom stereocenters. The minimum Gasteiger partial charge on any atom is -0.461 e. The van der Waals surface area contributed by atoms with Crippen LogP contribution in [0.25, 0.3) is 0 Å². The van der Waals surface area contributed by atoms with Crippen molar-refractivity contribution >= 4 is 5.97 Å². The Bertz CT molecular complexity index is 710. The quantitative estimate of drug-likeness (QED) is 0.863. The molecule has 0 saturated carbocycles. The largest absolute Gasteiger partial charge is 0.461 e. The molecule has 0 aliphatic heterocycles. The minimum atomic E-state index is -0.103. The number of H-pyrrole nitrogens is 1. The number of ether oxygens (including phenoxy) is 1. The zero-order chi connectivity index (χ0) is 17.3. The third kappa shape index (κ3) is 3.37. The van der Waals surface area contributed by atoms with Gasteiger partial charge in [0.25, 0.3) is 0 Å². The summed E-state index contributed by atoms with van der Waals surface area (Å²) in [6, 6.07) is 8.33. The molecule has 1 N–H and O–H groups in total. The number of nitrogens with one attached hydrogen (secondary N) is 1. The first-order valence-electron chi connectivity index (χ1n) is 8.64. The number of carbonyl (C=O) groups is 1. The van der Waals surface area contributed by atoms with Gasteiger partial charge >= 0.3 is 5.97 Å². The van der Waals surface area contributed by atoms with Gasteiger partial charge in [-0.05, 0) is 40.9 Å². The maximum atomic E-state index is 12.5. The molecule has 4 nitrogen and oxygen atoms in total. The molecule has 0 fully saturated rings. The fraction of sp³-hybridized carbons (Fsp3) is 0.500. The summed E-state index contributed by atoms with van der Waals surface area (Å²) in [5, 5.41) is 7.11. The molecule has 0 radical (unpaired) electrons. The van der Waals surface area contributed by atoms with Gasteiger partial charge in [-0.15, -0.1) is 0 Å². The molecule has 2 unspecified atom stereocenters. The van der Waals surface area contributed by atoms with E-state index < -0.39 is 0 Å². The third-order valence-electron chi connectivity index (χ3n) is 5.05. The van der Waals surface area contributed by atoms with E-state index in [9.17, 15) is 4.79 Å². The lowest BCUT2D eigenvalue weighted by atomic mass is 9.79. The normalized spacial score (nSPS) is 20.5. The Labute approximate surface area is 143 Å². The Morgan fingerprint density at radius 2 is 2.00 bits per heavy atom. The number of aromatic nitrogens is 2. The van der Waals surface area contributed by atoms with Gasteiger partial charge in [-0.25, -0.2) is 0 Å². The first-order chi connectivity index (χ1) is 11.4. The van der Waals surface area contributed by atoms with Gasteiger partial charge in [-0.3, -0.25) is 9.89 Å². The maximum absolute atomic E-state index is 12.5. The topological polar surface area (TPSA) is 55.0 Å². The van der Waals surface area contributed by atoms with Gasteiger partial charge < -0.3 is 4.74 Å². The highest BCUT2D eigenvalue weighted by Gasteiger charge is 2.33. The smallest absolute Gasteiger partial charge is 0.309 e. The van der Waals surface area contributed by atoms with Gasteiger partial charge in [0.15, 0.2) is 0 Å². The first kappa shape index (κ1) is 16.7. The van der Waals surface area contributed by atoms with E-state index >= 15 is 0 Å². The molecule has 24 heavy (non-hydrogen) atoms. The van der Waals surface area contributed by atoms with Crippen molar-refractivity contribution in [1.29, 1.82) is 0 Å². The van der Waals surface area contributed by atoms with Gasteiger partial charge in [0, 0.05) is 5.69 Å². The predicted molar refractivity (Wildman–Crippen MR) is 93.8 cm³/mol. The number of rotatable bonds is 3. The molecule has 1 heterocycles. The van der Waals surface area contributed by atoms with Crippen molar-refractivity contribution in [1.82, 2.24) is 10.2 Å². The molecule has 128 valence electrons. The van der Waals surface area contributed by atoms with Crippen LogP contribution in [0.1, 0.15) is 62.4 Å². The lowest BCUT2D eigenvalue weighted by Gasteiger charge is -2.26. The van der Waals surface area contributed by atoms with E-state index in [-0.39, 0.29) is 23.2 Å². The SMILES string of the molecule is CC1c2cn[nH]c2CCC1C(=O)OCc1ccc(C(C)(C)C)cc1. The van der Waals surface area contributed by atoms with Gasteiger partial charge in [-0.2, -0.15) is 5.10 Å². The molecule has 0 spiro atoms. The van der Waals surface area contributed by atoms with Crippen molar-refractivity contribution in [3.8, 4) is 0 Å². The number of esters is 1. The van der Waals surface area contributed by atoms with E-state index in [4.69, 9.17) is 4.74 Å². The Morgan fingerprint density at radius 3 is 2.67 bits per heavy atom. The van der Waals surface area contributed by atoms with Crippen molar-refractivity contribution in [2.75, 3.05) is 0 Å². The maximum Gasteiger partial charge on any atom is 0.309 e. The van der Waals surface area contributed by atoms with Crippen LogP contribution in [0.4, 0.5) is 0 Å². The standard InChI is InChI=1S/C20H26N2O2/c1-13-16(9-10-18-17(13)11-21-22-18)19(23)24-12-14-5-7-15(8-6-14)20(2,3)4/h5-8,11,13,16H,9-10,12H2,1-4H3,(H,21,22). The second kappa shape index (κ2) is 6.42. The third-order valence-corrected chi connectivity index (χ3v) is 5.05. The average molecular weight is 326 g/mol. The summed E-state index contributed by atoms with van der Waals surface area (Å²) in [4.78, 5) is 12.5. The van der Waals surface area contributed by atoms with Crippen LogP contribution in [0, 0.1) is 5.92 Å². The number of carbonyl (C=O) groups excluding carboxylic acids is 1. The molecule has 1 aromatic carbocycles. The highest BCUT2D eigenvalue weighted by atomic mass is 16.5. The number of benzene rings is 1. The summed E-state index contributed by atoms with van der Waals surface area (Å²) in [5.74, 6) is -0.0264. The van der Waals surface area contributed by atoms with E-state index in [1.54, 1.807) is 0 Å². The zero-order valence-electron chi connectivity index (χ0n) is 14.9. The zero-order valence-corrected chi connectivity index (χ0v) is 14.9. The number of fused-ring (bicyclic) bond motifs is 1. The van der Waals surface area contributed by atoms with Crippen molar-refractivity contribution in [2.24, 2.45) is 5.92 Å². The average Bonchev–Trinajstić information content (AvgIpc) is 3.02. The van der Waals surface area contributed by atoms with Crippen LogP contribution < -0.4 is 0 Å². The van der Waals surface area contributed by atoms with E-state index in [0.717, 1.165) is 29.7 Å². The van der Waals surface area contributed by atoms with Crippen LogP contribution in [0.15, 0.2) is 30.5 Å². The summed E-state index contributed by atoms with van der Waals surface area (Å²) in [6.07, 6.45) is 3.52. The van der Waals surface area contributed by atoms with Crippen LogP contribution in [-0.4, -0.2) is 16.2 Å². The number of nitrogens with zero attached hydrogens (tertiary/aromatic N) is 1. The molecule has 1 aliphatic rings. The summed E-state index contributed by atoms with van der Waals surface area (Å²) in [7, 11) is 0. The monoisotopic (exact) mass is 326 g/mol. The highest BCUT2D eigenvalue weighted by Crippen LogP contribution is 2.35. The number of hydrogen-bond donors (Lipinski definition) is 1. The second-order valence-electron chi connectivity index (χ2n) is 7.79. The molecule has 0 amide bonds. The molecule has 0 saturated heterocycles. The highest BCUT2D eigenvalue weighted by molar-refractivity contribution is 5.74. The number of aryl methyl sites for hydroxylation is 1. The van der Waals surface area contributed by atoms with Gasteiger partial charge in [-0.1, -0.05) is 52.0 Å². The molecule has 4 heteroatoms. The Balaban J connectivity index is 1.60. The van der Waals surface area contributed by atoms with Crippen molar-refractivity contribution in [3.05, 3.63) is 52.8 Å². The number of hydrogen-bond acceptors (Lipinski definition) is 3. The molecule has 1 aliphatic carbocycles. The molecule has 1 aromatic heterocycles. The summed E-state index contributed by atoms with van der Waals surface area (Å²) < 4.78 is 5.59. The summed E-state index contributed by atoms with van der Waals surface area (Å²) in [5.41, 5.74) is 4.76. The van der Waals surface area contributed by atoms with Gasteiger partial charge in [0.05, 0.1) is 12.1 Å². The van der Waals surface area contributed by atoms with Gasteiger partial charge in [0.1, 0.15) is 6.61 Å². The lowest BCUT2D eigenvalue weighted by Crippen LogP contribution is -2.27. The fourth-order valence-corrected chi connectivity index (χ4v) is 3.37. The minimum absolute atomic E-state index is 0.0797. The van der Waals surface area contributed by atoms with Crippen molar-refractivity contribution < 1.29 is 9.53 Å². The van der Waals surface area contributed by atoms with E-state index in [0.29, 0.717) is 6.61 Å². The second-order valence-corrected chi connectivity index (χ2v) is 7.79. The molecule has 3 rings (SSSR count). The van der Waals surface area contributed by atoms with E-state index in [1.807, 2.05) is 18.3 Å². The van der Waals surface area contributed by atoms with E-state index in [2.05, 4.69) is 50.0 Å².